The Morgan fingerprint density at radius 1 is 0.974 bits per heavy atom. The number of esters is 1. The summed E-state index contributed by atoms with van der Waals surface area (Å²) in [5.41, 5.74) is -0.0237. The van der Waals surface area contributed by atoms with Gasteiger partial charge in [-0.1, -0.05) is 12.1 Å². The number of benzene rings is 2. The molecule has 11 heteroatoms. The zero-order valence-electron chi connectivity index (χ0n) is 21.6. The molecule has 208 valence electrons. The Morgan fingerprint density at radius 2 is 1.66 bits per heavy atom. The van der Waals surface area contributed by atoms with Crippen LogP contribution in [0.3, 0.4) is 0 Å². The van der Waals surface area contributed by atoms with Crippen LogP contribution in [0.2, 0.25) is 0 Å². The topological polar surface area (TPSA) is 89.5 Å². The molecule has 3 rings (SSSR count). The molecule has 1 aliphatic rings. The molecule has 0 amide bonds. The third-order valence-corrected chi connectivity index (χ3v) is 5.51. The van der Waals surface area contributed by atoms with Crippen molar-refractivity contribution in [1.29, 1.82) is 0 Å². The lowest BCUT2D eigenvalue weighted by Gasteiger charge is -2.35. The highest BCUT2D eigenvalue weighted by molar-refractivity contribution is 5.81. The van der Waals surface area contributed by atoms with E-state index >= 15 is 0 Å². The minimum absolute atomic E-state index is 0.0168. The van der Waals surface area contributed by atoms with E-state index in [1.807, 2.05) is 0 Å². The van der Waals surface area contributed by atoms with E-state index in [0.29, 0.717) is 30.4 Å². The maximum absolute atomic E-state index is 13.0. The molecule has 0 bridgehead atoms. The van der Waals surface area contributed by atoms with E-state index in [4.69, 9.17) is 23.7 Å². The summed E-state index contributed by atoms with van der Waals surface area (Å²) >= 11 is 0. The van der Waals surface area contributed by atoms with Crippen LogP contribution in [0.15, 0.2) is 36.4 Å². The summed E-state index contributed by atoms with van der Waals surface area (Å²) in [5.74, 6) is -0.757. The first-order valence-corrected chi connectivity index (χ1v) is 12.0. The molecule has 0 N–H and O–H groups in total. The Hall–Kier alpha value is -3.47. The number of halogens is 3. The summed E-state index contributed by atoms with van der Waals surface area (Å²) < 4.78 is 70.3. The van der Waals surface area contributed by atoms with E-state index in [-0.39, 0.29) is 54.9 Å². The maximum Gasteiger partial charge on any atom is 0.573 e. The van der Waals surface area contributed by atoms with Gasteiger partial charge in [0.1, 0.15) is 30.3 Å². The number of methoxy groups -OCH3 is 1. The molecule has 0 saturated heterocycles. The predicted octanol–water partition coefficient (Wildman–Crippen LogP) is 5.50. The molecule has 0 aromatic heterocycles. The van der Waals surface area contributed by atoms with Crippen LogP contribution < -0.4 is 18.9 Å². The van der Waals surface area contributed by atoms with Gasteiger partial charge >= 0.3 is 12.3 Å². The van der Waals surface area contributed by atoms with Gasteiger partial charge < -0.3 is 28.4 Å². The SMILES string of the molecule is COc1ccc(COc2cc(OCCOC3CC(C(=O)OC(C)(C)C)C3)c(C=O)cc2OC(F)(F)F)cc1. The quantitative estimate of drug-likeness (QED) is 0.198. The minimum Gasteiger partial charge on any atom is -0.497 e. The largest absolute Gasteiger partial charge is 0.573 e. The number of carbonyl (C=O) groups is 2. The van der Waals surface area contributed by atoms with E-state index in [1.165, 1.54) is 13.2 Å². The summed E-state index contributed by atoms with van der Waals surface area (Å²) in [7, 11) is 1.51. The maximum atomic E-state index is 13.0. The molecule has 1 saturated carbocycles. The first-order chi connectivity index (χ1) is 17.9. The molecular weight excluding hydrogens is 509 g/mol. The normalized spacial score (nSPS) is 17.2. The van der Waals surface area contributed by atoms with Crippen LogP contribution in [0.1, 0.15) is 49.5 Å². The smallest absolute Gasteiger partial charge is 0.497 e. The van der Waals surface area contributed by atoms with Gasteiger partial charge in [-0.3, -0.25) is 9.59 Å². The van der Waals surface area contributed by atoms with Crippen LogP contribution in [-0.2, 0) is 20.9 Å². The van der Waals surface area contributed by atoms with Crippen LogP contribution in [-0.4, -0.2) is 50.6 Å². The molecule has 0 aliphatic heterocycles. The van der Waals surface area contributed by atoms with Crippen LogP contribution in [0.4, 0.5) is 13.2 Å². The number of ether oxygens (including phenoxy) is 6. The fourth-order valence-corrected chi connectivity index (χ4v) is 3.62. The Balaban J connectivity index is 1.59. The second-order valence-electron chi connectivity index (χ2n) is 9.68. The molecule has 1 fully saturated rings. The first kappa shape index (κ1) is 29.1. The van der Waals surface area contributed by atoms with E-state index in [0.717, 1.165) is 6.07 Å². The minimum atomic E-state index is -4.99. The number of carbonyl (C=O) groups excluding carboxylic acids is 2. The van der Waals surface area contributed by atoms with Crippen LogP contribution in [0, 0.1) is 5.92 Å². The summed E-state index contributed by atoms with van der Waals surface area (Å²) in [5, 5.41) is 0. The summed E-state index contributed by atoms with van der Waals surface area (Å²) in [6, 6.07) is 8.87. The average molecular weight is 541 g/mol. The highest BCUT2D eigenvalue weighted by atomic mass is 19.4. The summed E-state index contributed by atoms with van der Waals surface area (Å²) in [6.45, 7) is 5.51. The van der Waals surface area contributed by atoms with Crippen molar-refractivity contribution in [3.63, 3.8) is 0 Å². The molecule has 0 unspecified atom stereocenters. The third-order valence-electron chi connectivity index (χ3n) is 5.51. The van der Waals surface area contributed by atoms with Gasteiger partial charge in [0.15, 0.2) is 17.8 Å². The molecule has 0 atom stereocenters. The Labute approximate surface area is 218 Å². The van der Waals surface area contributed by atoms with Crippen molar-refractivity contribution in [3.8, 4) is 23.0 Å². The number of hydrogen-bond donors (Lipinski definition) is 0. The van der Waals surface area contributed by atoms with Crippen molar-refractivity contribution in [2.24, 2.45) is 5.92 Å². The fourth-order valence-electron chi connectivity index (χ4n) is 3.62. The van der Waals surface area contributed by atoms with Crippen LogP contribution >= 0.6 is 0 Å². The molecule has 1 aliphatic carbocycles. The van der Waals surface area contributed by atoms with Gasteiger partial charge in [0.2, 0.25) is 0 Å². The number of aldehydes is 1. The Morgan fingerprint density at radius 3 is 2.24 bits per heavy atom. The third kappa shape index (κ3) is 8.83. The van der Waals surface area contributed by atoms with Crippen molar-refractivity contribution in [1.82, 2.24) is 0 Å². The molecule has 2 aromatic rings. The Bertz CT molecular complexity index is 1090. The van der Waals surface area contributed by atoms with Crippen molar-refractivity contribution in [2.45, 2.75) is 58.3 Å². The van der Waals surface area contributed by atoms with Gasteiger partial charge in [0, 0.05) is 6.07 Å². The van der Waals surface area contributed by atoms with Gasteiger partial charge in [-0.15, -0.1) is 13.2 Å². The predicted molar refractivity (Wildman–Crippen MR) is 130 cm³/mol. The highest BCUT2D eigenvalue weighted by Crippen LogP contribution is 2.38. The molecule has 8 nitrogen and oxygen atoms in total. The second kappa shape index (κ2) is 12.4. The van der Waals surface area contributed by atoms with Gasteiger partial charge in [-0.25, -0.2) is 0 Å². The molecule has 2 aromatic carbocycles. The van der Waals surface area contributed by atoms with Crippen LogP contribution in [0.5, 0.6) is 23.0 Å². The van der Waals surface area contributed by atoms with Crippen molar-refractivity contribution in [3.05, 3.63) is 47.5 Å². The highest BCUT2D eigenvalue weighted by Gasteiger charge is 2.38. The zero-order chi connectivity index (χ0) is 27.9. The number of alkyl halides is 3. The van der Waals surface area contributed by atoms with E-state index in [1.54, 1.807) is 45.0 Å². The second-order valence-corrected chi connectivity index (χ2v) is 9.68. The molecular formula is C27H31F3O8. The first-order valence-electron chi connectivity index (χ1n) is 12.0. The average Bonchev–Trinajstić information content (AvgIpc) is 2.80. The van der Waals surface area contributed by atoms with Gasteiger partial charge in [-0.05, 0) is 57.4 Å². The molecule has 0 radical (unpaired) electrons. The Kier molecular flexibility index (Phi) is 9.48. The lowest BCUT2D eigenvalue weighted by molar-refractivity contribution is -0.275. The summed E-state index contributed by atoms with van der Waals surface area (Å²) in [6.07, 6.45) is -3.70. The zero-order valence-corrected chi connectivity index (χ0v) is 21.6. The van der Waals surface area contributed by atoms with Gasteiger partial charge in [0.25, 0.3) is 0 Å². The monoisotopic (exact) mass is 540 g/mol. The van der Waals surface area contributed by atoms with Gasteiger partial charge in [-0.2, -0.15) is 0 Å². The number of rotatable bonds is 12. The van der Waals surface area contributed by atoms with E-state index < -0.39 is 17.7 Å². The van der Waals surface area contributed by atoms with Crippen LogP contribution in [0.25, 0.3) is 0 Å². The standard InChI is InChI=1S/C27H31F3O8/c1-26(2,3)38-25(32)18-11-21(12-18)34-9-10-35-22-14-23(24(13-19(22)15-31)37-27(28,29)30)36-16-17-5-7-20(33-4)8-6-17/h5-8,13-15,18,21H,9-12,16H2,1-4H3. The lowest BCUT2D eigenvalue weighted by Crippen LogP contribution is -2.40. The molecule has 0 heterocycles. The molecule has 0 spiro atoms. The van der Waals surface area contributed by atoms with Gasteiger partial charge in [0.05, 0.1) is 31.3 Å². The molecule has 38 heavy (non-hydrogen) atoms. The van der Waals surface area contributed by atoms with E-state index in [2.05, 4.69) is 4.74 Å². The number of hydrogen-bond acceptors (Lipinski definition) is 8. The fraction of sp³-hybridized carbons (Fsp3) is 0.481. The van der Waals surface area contributed by atoms with Crippen molar-refractivity contribution in [2.75, 3.05) is 20.3 Å². The van der Waals surface area contributed by atoms with E-state index in [9.17, 15) is 22.8 Å². The van der Waals surface area contributed by atoms with Crippen molar-refractivity contribution < 1.29 is 51.2 Å². The summed E-state index contributed by atoms with van der Waals surface area (Å²) in [4.78, 5) is 23.6. The lowest BCUT2D eigenvalue weighted by atomic mass is 9.82. The van der Waals surface area contributed by atoms with Crippen molar-refractivity contribution >= 4 is 12.3 Å².